The molecule has 1 N–H and O–H groups in total. The van der Waals surface area contributed by atoms with Crippen LogP contribution >= 0.6 is 0 Å². The maximum absolute atomic E-state index is 13.9. The zero-order valence-corrected chi connectivity index (χ0v) is 17.3. The number of aromatic amines is 1. The number of nitrogens with one attached hydrogen (secondary N) is 1. The summed E-state index contributed by atoms with van der Waals surface area (Å²) in [6, 6.07) is 10.2. The van der Waals surface area contributed by atoms with Crippen molar-refractivity contribution in [2.45, 2.75) is 26.3 Å². The Morgan fingerprint density at radius 1 is 1.19 bits per heavy atom. The first-order valence-electron chi connectivity index (χ1n) is 10.1. The molecule has 0 bridgehead atoms. The van der Waals surface area contributed by atoms with Crippen molar-refractivity contribution in [3.05, 3.63) is 82.4 Å². The Hall–Kier alpha value is -3.88. The predicted molar refractivity (Wildman–Crippen MR) is 114 cm³/mol. The van der Waals surface area contributed by atoms with Crippen LogP contribution in [0.25, 0.3) is 22.2 Å². The summed E-state index contributed by atoms with van der Waals surface area (Å²) < 4.78 is 32.5. The van der Waals surface area contributed by atoms with Gasteiger partial charge in [-0.15, -0.1) is 0 Å². The predicted octanol–water partition coefficient (Wildman–Crippen LogP) is 3.84. The van der Waals surface area contributed by atoms with E-state index in [4.69, 9.17) is 4.42 Å². The van der Waals surface area contributed by atoms with Crippen LogP contribution in [-0.2, 0) is 17.8 Å². The van der Waals surface area contributed by atoms with Crippen molar-refractivity contribution >= 4 is 16.8 Å². The molecule has 4 rings (SSSR count). The molecule has 4 aromatic rings. The molecule has 164 valence electrons. The van der Waals surface area contributed by atoms with Crippen molar-refractivity contribution in [2.24, 2.45) is 0 Å². The summed E-state index contributed by atoms with van der Waals surface area (Å²) in [7, 11) is 0. The first-order valence-corrected chi connectivity index (χ1v) is 10.1. The van der Waals surface area contributed by atoms with Gasteiger partial charge >= 0.3 is 0 Å². The highest BCUT2D eigenvalue weighted by molar-refractivity contribution is 5.78. The Morgan fingerprint density at radius 2 is 2.00 bits per heavy atom. The summed E-state index contributed by atoms with van der Waals surface area (Å²) in [5.74, 6) is -0.776. The molecule has 0 aliphatic carbocycles. The molecule has 0 saturated carbocycles. The minimum Gasteiger partial charge on any atom is -0.441 e. The summed E-state index contributed by atoms with van der Waals surface area (Å²) in [5.41, 5.74) is 0.405. The second kappa shape index (κ2) is 9.09. The highest BCUT2D eigenvalue weighted by Crippen LogP contribution is 2.24. The molecule has 0 unspecified atom stereocenters. The molecule has 0 aliphatic heterocycles. The lowest BCUT2D eigenvalue weighted by molar-refractivity contribution is -0.131. The number of para-hydroxylation sites is 1. The minimum absolute atomic E-state index is 0.0954. The molecule has 1 amide bonds. The largest absolute Gasteiger partial charge is 0.441 e. The van der Waals surface area contributed by atoms with Gasteiger partial charge in [-0.2, -0.15) is 0 Å². The Labute approximate surface area is 181 Å². The maximum Gasteiger partial charge on any atom is 0.258 e. The van der Waals surface area contributed by atoms with Crippen molar-refractivity contribution in [3.8, 4) is 11.3 Å². The number of fused-ring (bicyclic) bond motifs is 1. The quantitative estimate of drug-likeness (QED) is 0.473. The average Bonchev–Trinajstić information content (AvgIpc) is 3.24. The highest BCUT2D eigenvalue weighted by Gasteiger charge is 2.17. The van der Waals surface area contributed by atoms with E-state index in [1.165, 1.54) is 12.3 Å². The van der Waals surface area contributed by atoms with Crippen LogP contribution in [-0.4, -0.2) is 32.3 Å². The topological polar surface area (TPSA) is 92.1 Å². The molecular formula is C23H20F2N4O3. The maximum atomic E-state index is 13.9. The van der Waals surface area contributed by atoms with Gasteiger partial charge < -0.3 is 14.3 Å². The number of hydrogen-bond acceptors (Lipinski definition) is 5. The number of H-pyrrole nitrogens is 1. The smallest absolute Gasteiger partial charge is 0.258 e. The molecule has 0 spiro atoms. The highest BCUT2D eigenvalue weighted by atomic mass is 19.1. The summed E-state index contributed by atoms with van der Waals surface area (Å²) in [6.45, 7) is 2.41. The summed E-state index contributed by atoms with van der Waals surface area (Å²) in [4.78, 5) is 37.8. The second-order valence-corrected chi connectivity index (χ2v) is 7.18. The minimum atomic E-state index is -0.752. The number of halogens is 2. The first-order chi connectivity index (χ1) is 15.4. The van der Waals surface area contributed by atoms with E-state index >= 15 is 0 Å². The van der Waals surface area contributed by atoms with Crippen LogP contribution in [0, 0.1) is 11.6 Å². The standard InChI is InChI=1S/C23H20F2N4O3/c1-2-29(13-20-27-18-6-4-3-5-16(18)23(31)28-20)22(30)10-9-21-26-12-19(32-21)15-8-7-14(24)11-17(15)25/h3-8,11-12H,2,9-10,13H2,1H3,(H,27,28,31). The van der Waals surface area contributed by atoms with Crippen molar-refractivity contribution in [3.63, 3.8) is 0 Å². The fourth-order valence-electron chi connectivity index (χ4n) is 3.38. The van der Waals surface area contributed by atoms with E-state index in [0.29, 0.717) is 23.3 Å². The number of aryl methyl sites for hydroxylation is 1. The molecule has 32 heavy (non-hydrogen) atoms. The van der Waals surface area contributed by atoms with Crippen LogP contribution in [0.3, 0.4) is 0 Å². The summed E-state index contributed by atoms with van der Waals surface area (Å²) >= 11 is 0. The number of aromatic nitrogens is 3. The molecule has 9 heteroatoms. The number of benzene rings is 2. The number of oxazole rings is 1. The SMILES string of the molecule is CCN(Cc1nc2ccccc2c(=O)[nH]1)C(=O)CCc1ncc(-c2ccc(F)cc2F)o1. The third kappa shape index (κ3) is 4.56. The van der Waals surface area contributed by atoms with E-state index in [0.717, 1.165) is 12.1 Å². The lowest BCUT2D eigenvalue weighted by Gasteiger charge is -2.20. The van der Waals surface area contributed by atoms with Crippen molar-refractivity contribution in [1.82, 2.24) is 19.9 Å². The number of nitrogens with zero attached hydrogens (tertiary/aromatic N) is 3. The van der Waals surface area contributed by atoms with Gasteiger partial charge in [0.15, 0.2) is 11.7 Å². The van der Waals surface area contributed by atoms with Crippen LogP contribution in [0.5, 0.6) is 0 Å². The van der Waals surface area contributed by atoms with E-state index in [1.807, 2.05) is 6.92 Å². The van der Waals surface area contributed by atoms with E-state index in [2.05, 4.69) is 15.0 Å². The van der Waals surface area contributed by atoms with E-state index in [9.17, 15) is 18.4 Å². The molecule has 0 saturated heterocycles. The average molecular weight is 438 g/mol. The number of carbonyl (C=O) groups excluding carboxylic acids is 1. The van der Waals surface area contributed by atoms with Gasteiger partial charge in [0, 0.05) is 25.5 Å². The van der Waals surface area contributed by atoms with Gasteiger partial charge in [-0.1, -0.05) is 12.1 Å². The van der Waals surface area contributed by atoms with Gasteiger partial charge in [-0.05, 0) is 31.2 Å². The van der Waals surface area contributed by atoms with E-state index < -0.39 is 11.6 Å². The zero-order chi connectivity index (χ0) is 22.7. The Morgan fingerprint density at radius 3 is 2.78 bits per heavy atom. The molecule has 2 heterocycles. The number of rotatable bonds is 7. The first kappa shape index (κ1) is 21.4. The Bertz CT molecular complexity index is 1330. The molecule has 0 radical (unpaired) electrons. The fraction of sp³-hybridized carbons (Fsp3) is 0.217. The van der Waals surface area contributed by atoms with Crippen LogP contribution in [0.2, 0.25) is 0 Å². The molecular weight excluding hydrogens is 418 g/mol. The van der Waals surface area contributed by atoms with Crippen LogP contribution in [0.15, 0.2) is 57.9 Å². The van der Waals surface area contributed by atoms with Gasteiger partial charge in [-0.25, -0.2) is 18.7 Å². The number of amides is 1. The molecule has 7 nitrogen and oxygen atoms in total. The molecule has 0 fully saturated rings. The van der Waals surface area contributed by atoms with Crippen LogP contribution in [0.4, 0.5) is 8.78 Å². The third-order valence-corrected chi connectivity index (χ3v) is 5.04. The fourth-order valence-corrected chi connectivity index (χ4v) is 3.38. The third-order valence-electron chi connectivity index (χ3n) is 5.04. The second-order valence-electron chi connectivity index (χ2n) is 7.18. The van der Waals surface area contributed by atoms with Crippen LogP contribution in [0.1, 0.15) is 25.1 Å². The zero-order valence-electron chi connectivity index (χ0n) is 17.3. The summed E-state index contributed by atoms with van der Waals surface area (Å²) in [6.07, 6.45) is 1.66. The number of hydrogen-bond donors (Lipinski definition) is 1. The van der Waals surface area contributed by atoms with Crippen molar-refractivity contribution in [2.75, 3.05) is 6.54 Å². The molecule has 2 aromatic heterocycles. The Kier molecular flexibility index (Phi) is 6.07. The molecule has 0 atom stereocenters. The van der Waals surface area contributed by atoms with Crippen molar-refractivity contribution in [1.29, 1.82) is 0 Å². The van der Waals surface area contributed by atoms with Gasteiger partial charge in [0.2, 0.25) is 5.91 Å². The normalized spacial score (nSPS) is 11.1. The van der Waals surface area contributed by atoms with E-state index in [-0.39, 0.29) is 48.1 Å². The van der Waals surface area contributed by atoms with Gasteiger partial charge in [-0.3, -0.25) is 9.59 Å². The molecule has 2 aromatic carbocycles. The lowest BCUT2D eigenvalue weighted by atomic mass is 10.2. The Balaban J connectivity index is 1.42. The van der Waals surface area contributed by atoms with Gasteiger partial charge in [0.25, 0.3) is 5.56 Å². The monoisotopic (exact) mass is 438 g/mol. The van der Waals surface area contributed by atoms with Gasteiger partial charge in [0.1, 0.15) is 17.5 Å². The number of carbonyl (C=O) groups is 1. The molecule has 0 aliphatic rings. The van der Waals surface area contributed by atoms with E-state index in [1.54, 1.807) is 29.2 Å². The lowest BCUT2D eigenvalue weighted by Crippen LogP contribution is -2.32. The summed E-state index contributed by atoms with van der Waals surface area (Å²) in [5, 5.41) is 0.489. The van der Waals surface area contributed by atoms with Crippen molar-refractivity contribution < 1.29 is 18.0 Å². The van der Waals surface area contributed by atoms with Crippen LogP contribution < -0.4 is 5.56 Å². The van der Waals surface area contributed by atoms with Gasteiger partial charge in [0.05, 0.1) is 29.2 Å².